The molecule has 3 aromatic rings. The Bertz CT molecular complexity index is 981. The van der Waals surface area contributed by atoms with Crippen LogP contribution in [0.4, 0.5) is 0 Å². The van der Waals surface area contributed by atoms with Gasteiger partial charge in [-0.2, -0.15) is 0 Å². The molecule has 1 fully saturated rings. The monoisotopic (exact) mass is 381 g/mol. The van der Waals surface area contributed by atoms with Gasteiger partial charge in [-0.1, -0.05) is 79.2 Å². The first-order valence-corrected chi connectivity index (χ1v) is 10.7. The standard InChI is InChI=1S/C27H27NO/c29-27(18-21-7-5-6-16-28-21)20-14-12-19(13-15-20)17-26-24-10-3-1-8-22(24)23-9-2-4-11-25(23)26/h1-4,8-15,17,21,27-29H,5-7,16,18H2. The van der Waals surface area contributed by atoms with E-state index < -0.39 is 6.10 Å². The molecule has 1 aliphatic carbocycles. The number of rotatable bonds is 4. The van der Waals surface area contributed by atoms with Gasteiger partial charge in [0.25, 0.3) is 0 Å². The zero-order chi connectivity index (χ0) is 19.6. The van der Waals surface area contributed by atoms with Crippen molar-refractivity contribution in [1.29, 1.82) is 0 Å². The van der Waals surface area contributed by atoms with E-state index in [0.717, 1.165) is 18.5 Å². The summed E-state index contributed by atoms with van der Waals surface area (Å²) in [6.07, 6.45) is 6.34. The average molecular weight is 382 g/mol. The van der Waals surface area contributed by atoms with Crippen molar-refractivity contribution in [3.63, 3.8) is 0 Å². The van der Waals surface area contributed by atoms with Crippen LogP contribution in [0, 0.1) is 0 Å². The first kappa shape index (κ1) is 18.4. The molecule has 3 aromatic carbocycles. The Balaban J connectivity index is 1.40. The number of piperidine rings is 1. The van der Waals surface area contributed by atoms with E-state index in [1.165, 1.54) is 52.7 Å². The van der Waals surface area contributed by atoms with Crippen LogP contribution in [0.3, 0.4) is 0 Å². The molecule has 0 amide bonds. The van der Waals surface area contributed by atoms with Crippen LogP contribution in [0.15, 0.2) is 72.8 Å². The van der Waals surface area contributed by atoms with Gasteiger partial charge < -0.3 is 10.4 Å². The summed E-state index contributed by atoms with van der Waals surface area (Å²) in [5.74, 6) is 0. The van der Waals surface area contributed by atoms with Crippen LogP contribution in [0.1, 0.15) is 54.0 Å². The number of benzene rings is 3. The third-order valence-corrected chi connectivity index (χ3v) is 6.28. The summed E-state index contributed by atoms with van der Waals surface area (Å²) in [7, 11) is 0. The van der Waals surface area contributed by atoms with Crippen molar-refractivity contribution in [3.8, 4) is 11.1 Å². The molecule has 1 heterocycles. The van der Waals surface area contributed by atoms with Gasteiger partial charge in [-0.25, -0.2) is 0 Å². The molecule has 0 saturated carbocycles. The molecular weight excluding hydrogens is 354 g/mol. The minimum Gasteiger partial charge on any atom is -0.388 e. The molecule has 0 radical (unpaired) electrons. The number of aliphatic hydroxyl groups is 1. The van der Waals surface area contributed by atoms with E-state index in [1.807, 2.05) is 0 Å². The molecule has 2 N–H and O–H groups in total. The Kier molecular flexibility index (Phi) is 5.05. The Labute approximate surface area is 172 Å². The van der Waals surface area contributed by atoms with E-state index >= 15 is 0 Å². The molecule has 2 unspecified atom stereocenters. The third-order valence-electron chi connectivity index (χ3n) is 6.28. The highest BCUT2D eigenvalue weighted by Gasteiger charge is 2.22. The van der Waals surface area contributed by atoms with E-state index in [0.29, 0.717) is 6.04 Å². The minimum atomic E-state index is -0.403. The maximum Gasteiger partial charge on any atom is 0.0804 e. The summed E-state index contributed by atoms with van der Waals surface area (Å²) in [5, 5.41) is 14.2. The number of fused-ring (bicyclic) bond motifs is 3. The van der Waals surface area contributed by atoms with Crippen LogP contribution in [0.25, 0.3) is 22.8 Å². The predicted octanol–water partition coefficient (Wildman–Crippen LogP) is 5.82. The fourth-order valence-electron chi connectivity index (χ4n) is 4.72. The molecular formula is C27H27NO. The molecule has 2 aliphatic rings. The minimum absolute atomic E-state index is 0.403. The summed E-state index contributed by atoms with van der Waals surface area (Å²) in [5.41, 5.74) is 8.64. The van der Waals surface area contributed by atoms with Gasteiger partial charge in [0, 0.05) is 6.04 Å². The highest BCUT2D eigenvalue weighted by molar-refractivity contribution is 6.06. The number of nitrogens with one attached hydrogen (secondary N) is 1. The van der Waals surface area contributed by atoms with Gasteiger partial charge in [-0.3, -0.25) is 0 Å². The Morgan fingerprint density at radius 2 is 1.45 bits per heavy atom. The lowest BCUT2D eigenvalue weighted by atomic mass is 9.95. The quantitative estimate of drug-likeness (QED) is 0.467. The normalized spacial score (nSPS) is 18.8. The van der Waals surface area contributed by atoms with Gasteiger partial charge in [0.15, 0.2) is 0 Å². The molecule has 146 valence electrons. The van der Waals surface area contributed by atoms with Gasteiger partial charge in [-0.05, 0) is 70.8 Å². The van der Waals surface area contributed by atoms with Crippen molar-refractivity contribution < 1.29 is 5.11 Å². The van der Waals surface area contributed by atoms with Crippen LogP contribution in [-0.4, -0.2) is 17.7 Å². The second-order valence-corrected chi connectivity index (χ2v) is 8.21. The van der Waals surface area contributed by atoms with Gasteiger partial charge in [0.05, 0.1) is 6.10 Å². The summed E-state index contributed by atoms with van der Waals surface area (Å²) < 4.78 is 0. The van der Waals surface area contributed by atoms with Gasteiger partial charge in [0.2, 0.25) is 0 Å². The topological polar surface area (TPSA) is 32.3 Å². The Morgan fingerprint density at radius 3 is 2.03 bits per heavy atom. The van der Waals surface area contributed by atoms with E-state index in [9.17, 15) is 5.11 Å². The molecule has 2 nitrogen and oxygen atoms in total. The molecule has 2 atom stereocenters. The molecule has 1 saturated heterocycles. The van der Waals surface area contributed by atoms with Crippen LogP contribution >= 0.6 is 0 Å². The Morgan fingerprint density at radius 1 is 0.828 bits per heavy atom. The second-order valence-electron chi connectivity index (χ2n) is 8.21. The van der Waals surface area contributed by atoms with Crippen molar-refractivity contribution in [3.05, 3.63) is 95.1 Å². The van der Waals surface area contributed by atoms with Crippen molar-refractivity contribution in [1.82, 2.24) is 5.32 Å². The number of aliphatic hydroxyl groups excluding tert-OH is 1. The number of hydrogen-bond donors (Lipinski definition) is 2. The lowest BCUT2D eigenvalue weighted by Gasteiger charge is -2.25. The summed E-state index contributed by atoms with van der Waals surface area (Å²) in [4.78, 5) is 0. The van der Waals surface area contributed by atoms with Gasteiger partial charge >= 0.3 is 0 Å². The summed E-state index contributed by atoms with van der Waals surface area (Å²) >= 11 is 0. The zero-order valence-corrected chi connectivity index (χ0v) is 16.6. The van der Waals surface area contributed by atoms with Gasteiger partial charge in [0.1, 0.15) is 0 Å². The SMILES string of the molecule is OC(CC1CCCCN1)c1ccc(C=C2c3ccccc3-c3ccccc32)cc1. The van der Waals surface area contributed by atoms with Crippen LogP contribution in [0.5, 0.6) is 0 Å². The second kappa shape index (κ2) is 7.98. The summed E-state index contributed by atoms with van der Waals surface area (Å²) in [6, 6.07) is 26.1. The first-order valence-electron chi connectivity index (χ1n) is 10.7. The highest BCUT2D eigenvalue weighted by Crippen LogP contribution is 2.44. The van der Waals surface area contributed by atoms with Crippen molar-refractivity contribution in [2.45, 2.75) is 37.8 Å². The van der Waals surface area contributed by atoms with E-state index in [4.69, 9.17) is 0 Å². The molecule has 2 heteroatoms. The molecule has 29 heavy (non-hydrogen) atoms. The average Bonchev–Trinajstić information content (AvgIpc) is 3.09. The summed E-state index contributed by atoms with van der Waals surface area (Å²) in [6.45, 7) is 1.08. The van der Waals surface area contributed by atoms with Crippen LogP contribution in [-0.2, 0) is 0 Å². The number of hydrogen-bond acceptors (Lipinski definition) is 2. The Hall–Kier alpha value is -2.68. The maximum absolute atomic E-state index is 10.7. The van der Waals surface area contributed by atoms with Crippen molar-refractivity contribution in [2.75, 3.05) is 6.54 Å². The molecule has 1 aliphatic heterocycles. The maximum atomic E-state index is 10.7. The molecule has 5 rings (SSSR count). The van der Waals surface area contributed by atoms with E-state index in [-0.39, 0.29) is 0 Å². The van der Waals surface area contributed by atoms with E-state index in [2.05, 4.69) is 84.2 Å². The smallest absolute Gasteiger partial charge is 0.0804 e. The van der Waals surface area contributed by atoms with Crippen molar-refractivity contribution in [2.24, 2.45) is 0 Å². The lowest BCUT2D eigenvalue weighted by Crippen LogP contribution is -2.35. The van der Waals surface area contributed by atoms with Crippen LogP contribution < -0.4 is 5.32 Å². The largest absolute Gasteiger partial charge is 0.388 e. The van der Waals surface area contributed by atoms with Gasteiger partial charge in [-0.15, -0.1) is 0 Å². The lowest BCUT2D eigenvalue weighted by molar-refractivity contribution is 0.144. The zero-order valence-electron chi connectivity index (χ0n) is 16.6. The predicted molar refractivity (Wildman–Crippen MR) is 121 cm³/mol. The fraction of sp³-hybridized carbons (Fsp3) is 0.259. The molecule has 0 aromatic heterocycles. The molecule has 0 bridgehead atoms. The molecule has 0 spiro atoms. The fourth-order valence-corrected chi connectivity index (χ4v) is 4.72. The first-order chi connectivity index (χ1) is 14.3. The van der Waals surface area contributed by atoms with Crippen LogP contribution in [0.2, 0.25) is 0 Å². The third kappa shape index (κ3) is 3.66. The highest BCUT2D eigenvalue weighted by atomic mass is 16.3. The van der Waals surface area contributed by atoms with Crippen molar-refractivity contribution >= 4 is 11.6 Å². The van der Waals surface area contributed by atoms with E-state index in [1.54, 1.807) is 0 Å².